The van der Waals surface area contributed by atoms with Gasteiger partial charge in [0.05, 0.1) is 0 Å². The van der Waals surface area contributed by atoms with Crippen LogP contribution in [0.5, 0.6) is 5.75 Å². The standard InChI is InChI=1S/C14H20ClNO3/c1-10-6-11(4-5-12(10)15)19-7-13(18)16-8-14(2,3)9-17/h4-6,17H,7-9H2,1-3H3,(H,16,18). The Morgan fingerprint density at radius 3 is 2.74 bits per heavy atom. The SMILES string of the molecule is Cc1cc(OCC(=O)NCC(C)(C)CO)ccc1Cl. The van der Waals surface area contributed by atoms with Crippen molar-refractivity contribution in [1.82, 2.24) is 5.32 Å². The normalized spacial score (nSPS) is 11.2. The van der Waals surface area contributed by atoms with E-state index in [1.54, 1.807) is 18.2 Å². The van der Waals surface area contributed by atoms with Crippen LogP contribution in [-0.4, -0.2) is 30.8 Å². The van der Waals surface area contributed by atoms with Crippen LogP contribution < -0.4 is 10.1 Å². The lowest BCUT2D eigenvalue weighted by Gasteiger charge is -2.21. The summed E-state index contributed by atoms with van der Waals surface area (Å²) in [6.45, 7) is 5.99. The molecule has 0 heterocycles. The Labute approximate surface area is 118 Å². The second-order valence-corrected chi connectivity index (χ2v) is 5.71. The zero-order chi connectivity index (χ0) is 14.5. The molecule has 0 aromatic heterocycles. The maximum atomic E-state index is 11.6. The highest BCUT2D eigenvalue weighted by Crippen LogP contribution is 2.20. The molecule has 0 fully saturated rings. The minimum absolute atomic E-state index is 0.0184. The molecular formula is C14H20ClNO3. The van der Waals surface area contributed by atoms with Gasteiger partial charge in [-0.25, -0.2) is 0 Å². The summed E-state index contributed by atoms with van der Waals surface area (Å²) in [5, 5.41) is 12.5. The quantitative estimate of drug-likeness (QED) is 0.842. The summed E-state index contributed by atoms with van der Waals surface area (Å²) in [6.07, 6.45) is 0. The number of carbonyl (C=O) groups is 1. The van der Waals surface area contributed by atoms with Gasteiger partial charge >= 0.3 is 0 Å². The Morgan fingerprint density at radius 1 is 1.47 bits per heavy atom. The number of ether oxygens (including phenoxy) is 1. The monoisotopic (exact) mass is 285 g/mol. The number of aryl methyl sites for hydroxylation is 1. The lowest BCUT2D eigenvalue weighted by molar-refractivity contribution is -0.123. The van der Waals surface area contributed by atoms with E-state index < -0.39 is 0 Å². The fraction of sp³-hybridized carbons (Fsp3) is 0.500. The Morgan fingerprint density at radius 2 is 2.16 bits per heavy atom. The summed E-state index contributed by atoms with van der Waals surface area (Å²) in [6, 6.07) is 5.24. The van der Waals surface area contributed by atoms with E-state index in [1.807, 2.05) is 20.8 Å². The Balaban J connectivity index is 2.40. The highest BCUT2D eigenvalue weighted by atomic mass is 35.5. The van der Waals surface area contributed by atoms with E-state index in [4.69, 9.17) is 21.4 Å². The van der Waals surface area contributed by atoms with Crippen LogP contribution in [-0.2, 0) is 4.79 Å². The third kappa shape index (κ3) is 5.49. The van der Waals surface area contributed by atoms with Crippen LogP contribution in [0.15, 0.2) is 18.2 Å². The molecule has 0 atom stereocenters. The van der Waals surface area contributed by atoms with Gasteiger partial charge in [0.1, 0.15) is 5.75 Å². The van der Waals surface area contributed by atoms with E-state index in [-0.39, 0.29) is 24.5 Å². The third-order valence-corrected chi connectivity index (χ3v) is 3.12. The van der Waals surface area contributed by atoms with Gasteiger partial charge in [0.15, 0.2) is 6.61 Å². The third-order valence-electron chi connectivity index (χ3n) is 2.69. The molecule has 1 aromatic rings. The van der Waals surface area contributed by atoms with Crippen LogP contribution in [0.25, 0.3) is 0 Å². The number of nitrogens with one attached hydrogen (secondary N) is 1. The lowest BCUT2D eigenvalue weighted by Crippen LogP contribution is -2.38. The van der Waals surface area contributed by atoms with Crippen LogP contribution in [0, 0.1) is 12.3 Å². The van der Waals surface area contributed by atoms with E-state index in [9.17, 15) is 4.79 Å². The first-order valence-corrected chi connectivity index (χ1v) is 6.48. The van der Waals surface area contributed by atoms with Gasteiger partial charge in [-0.05, 0) is 30.7 Å². The summed E-state index contributed by atoms with van der Waals surface area (Å²) in [5.74, 6) is 0.396. The van der Waals surface area contributed by atoms with Crippen LogP contribution in [0.4, 0.5) is 0 Å². The molecule has 0 aliphatic heterocycles. The van der Waals surface area contributed by atoms with Gasteiger partial charge in [0.2, 0.25) is 0 Å². The van der Waals surface area contributed by atoms with Gasteiger partial charge in [0.25, 0.3) is 5.91 Å². The summed E-state index contributed by atoms with van der Waals surface area (Å²) < 4.78 is 5.37. The second-order valence-electron chi connectivity index (χ2n) is 5.30. The number of hydrogen-bond donors (Lipinski definition) is 2. The number of aliphatic hydroxyl groups is 1. The molecule has 0 radical (unpaired) electrons. The first-order valence-electron chi connectivity index (χ1n) is 6.10. The van der Waals surface area contributed by atoms with Gasteiger partial charge in [-0.15, -0.1) is 0 Å². The van der Waals surface area contributed by atoms with Crippen molar-refractivity contribution < 1.29 is 14.6 Å². The van der Waals surface area contributed by atoms with Gasteiger partial charge in [-0.1, -0.05) is 25.4 Å². The minimum Gasteiger partial charge on any atom is -0.484 e. The number of carbonyl (C=O) groups excluding carboxylic acids is 1. The van der Waals surface area contributed by atoms with E-state index in [0.717, 1.165) is 5.56 Å². The average Bonchev–Trinajstić information content (AvgIpc) is 2.38. The predicted molar refractivity (Wildman–Crippen MR) is 75.6 cm³/mol. The van der Waals surface area contributed by atoms with Crippen molar-refractivity contribution in [2.24, 2.45) is 5.41 Å². The molecule has 0 saturated carbocycles. The molecule has 2 N–H and O–H groups in total. The average molecular weight is 286 g/mol. The van der Waals surface area contributed by atoms with Crippen LogP contribution in [0.3, 0.4) is 0 Å². The summed E-state index contributed by atoms with van der Waals surface area (Å²) in [4.78, 5) is 11.6. The number of benzene rings is 1. The van der Waals surface area contributed by atoms with E-state index in [2.05, 4.69) is 5.32 Å². The molecule has 19 heavy (non-hydrogen) atoms. The largest absolute Gasteiger partial charge is 0.484 e. The first kappa shape index (κ1) is 15.8. The topological polar surface area (TPSA) is 58.6 Å². The van der Waals surface area contributed by atoms with Crippen molar-refractivity contribution in [3.63, 3.8) is 0 Å². The zero-order valence-corrected chi connectivity index (χ0v) is 12.3. The lowest BCUT2D eigenvalue weighted by atomic mass is 9.95. The van der Waals surface area contributed by atoms with Crippen LogP contribution in [0.1, 0.15) is 19.4 Å². The van der Waals surface area contributed by atoms with Gasteiger partial charge in [0, 0.05) is 23.6 Å². The second kappa shape index (κ2) is 6.78. The van der Waals surface area contributed by atoms with Crippen molar-refractivity contribution in [2.45, 2.75) is 20.8 Å². The van der Waals surface area contributed by atoms with Gasteiger partial charge in [-0.2, -0.15) is 0 Å². The fourth-order valence-electron chi connectivity index (χ4n) is 1.30. The van der Waals surface area contributed by atoms with Crippen LogP contribution in [0.2, 0.25) is 5.02 Å². The molecule has 106 valence electrons. The molecule has 4 nitrogen and oxygen atoms in total. The Bertz CT molecular complexity index is 446. The van der Waals surface area contributed by atoms with Crippen molar-refractivity contribution in [3.05, 3.63) is 28.8 Å². The van der Waals surface area contributed by atoms with E-state index in [1.165, 1.54) is 0 Å². The van der Waals surface area contributed by atoms with Crippen molar-refractivity contribution in [1.29, 1.82) is 0 Å². The van der Waals surface area contributed by atoms with Gasteiger partial charge in [-0.3, -0.25) is 4.79 Å². The van der Waals surface area contributed by atoms with Crippen molar-refractivity contribution >= 4 is 17.5 Å². The molecule has 5 heteroatoms. The highest BCUT2D eigenvalue weighted by Gasteiger charge is 2.17. The molecular weight excluding hydrogens is 266 g/mol. The smallest absolute Gasteiger partial charge is 0.257 e. The minimum atomic E-state index is -0.327. The fourth-order valence-corrected chi connectivity index (χ4v) is 1.42. The molecule has 0 aliphatic carbocycles. The molecule has 0 bridgehead atoms. The Kier molecular flexibility index (Phi) is 5.63. The summed E-state index contributed by atoms with van der Waals surface area (Å²) in [7, 11) is 0. The number of hydrogen-bond acceptors (Lipinski definition) is 3. The number of aliphatic hydroxyl groups excluding tert-OH is 1. The van der Waals surface area contributed by atoms with Gasteiger partial charge < -0.3 is 15.2 Å². The Hall–Kier alpha value is -1.26. The molecule has 0 saturated heterocycles. The molecule has 0 aliphatic rings. The van der Waals surface area contributed by atoms with Crippen molar-refractivity contribution in [2.75, 3.05) is 19.8 Å². The molecule has 0 spiro atoms. The molecule has 1 amide bonds. The number of rotatable bonds is 6. The van der Waals surface area contributed by atoms with Crippen LogP contribution >= 0.6 is 11.6 Å². The number of halogens is 1. The summed E-state index contributed by atoms with van der Waals surface area (Å²) >= 11 is 5.90. The molecule has 1 rings (SSSR count). The molecule has 1 aromatic carbocycles. The predicted octanol–water partition coefficient (Wildman–Crippen LogP) is 2.16. The summed E-state index contributed by atoms with van der Waals surface area (Å²) in [5.41, 5.74) is 0.577. The maximum Gasteiger partial charge on any atom is 0.257 e. The van der Waals surface area contributed by atoms with E-state index >= 15 is 0 Å². The zero-order valence-electron chi connectivity index (χ0n) is 11.5. The number of amides is 1. The first-order chi connectivity index (χ1) is 8.84. The highest BCUT2D eigenvalue weighted by molar-refractivity contribution is 6.31. The maximum absolute atomic E-state index is 11.6. The molecule has 0 unspecified atom stereocenters. The van der Waals surface area contributed by atoms with Crippen molar-refractivity contribution in [3.8, 4) is 5.75 Å². The van der Waals surface area contributed by atoms with E-state index in [0.29, 0.717) is 17.3 Å².